The van der Waals surface area contributed by atoms with Crippen LogP contribution in [0, 0.1) is 5.92 Å². The van der Waals surface area contributed by atoms with Crippen molar-refractivity contribution in [3.05, 3.63) is 11.6 Å². The summed E-state index contributed by atoms with van der Waals surface area (Å²) in [6.07, 6.45) is 3.73. The van der Waals surface area contributed by atoms with E-state index in [0.717, 1.165) is 0 Å². The molecule has 134 valence electrons. The van der Waals surface area contributed by atoms with Gasteiger partial charge in [0, 0.05) is 17.4 Å². The number of nitrogens with two attached hydrogens (primary N) is 1. The smallest absolute Gasteiger partial charge is 0.333 e. The predicted molar refractivity (Wildman–Crippen MR) is 97.4 cm³/mol. The number of hydrogen-bond donors (Lipinski definition) is 1. The van der Waals surface area contributed by atoms with Gasteiger partial charge in [-0.25, -0.2) is 4.79 Å². The summed E-state index contributed by atoms with van der Waals surface area (Å²) in [5.41, 5.74) is 6.66. The second kappa shape index (κ2) is 9.33. The lowest BCUT2D eigenvalue weighted by Crippen LogP contribution is -2.55. The van der Waals surface area contributed by atoms with E-state index in [1.807, 2.05) is 34.0 Å². The molecule has 23 heavy (non-hydrogen) atoms. The minimum Gasteiger partial charge on any atom is -0.463 e. The molecule has 0 unspecified atom stereocenters. The second-order valence-corrected chi connectivity index (χ2v) is 8.00. The molecule has 0 saturated heterocycles. The standard InChI is InChI=1S/C17H32N2O3S/c1-9-22-16(21)12(4)10-13(11(2)3)19(7)15(20)14(18)17(5,6)23-8/h10-11,13-14H,9,18H2,1-8H3/b12-10+/t13-,14-/m1/s1. The van der Waals surface area contributed by atoms with Gasteiger partial charge in [-0.2, -0.15) is 11.8 Å². The Labute approximate surface area is 145 Å². The van der Waals surface area contributed by atoms with E-state index in [0.29, 0.717) is 12.2 Å². The number of rotatable bonds is 8. The van der Waals surface area contributed by atoms with Crippen LogP contribution in [0.2, 0.25) is 0 Å². The fraction of sp³-hybridized carbons (Fsp3) is 0.765. The lowest BCUT2D eigenvalue weighted by molar-refractivity contribution is -0.139. The zero-order valence-electron chi connectivity index (χ0n) is 15.7. The number of carbonyl (C=O) groups excluding carboxylic acids is 2. The normalized spacial score (nSPS) is 15.3. The number of hydrogen-bond acceptors (Lipinski definition) is 5. The quantitative estimate of drug-likeness (QED) is 0.541. The molecule has 0 radical (unpaired) electrons. The average molecular weight is 345 g/mol. The Bertz CT molecular complexity index is 447. The number of esters is 1. The van der Waals surface area contributed by atoms with E-state index in [1.54, 1.807) is 43.6 Å². The Morgan fingerprint density at radius 1 is 1.35 bits per heavy atom. The SMILES string of the molecule is CCOC(=O)/C(C)=C/[C@H](C(C)C)N(C)C(=O)[C@@H](N)C(C)(C)SC. The summed E-state index contributed by atoms with van der Waals surface area (Å²) in [6.45, 7) is 11.7. The lowest BCUT2D eigenvalue weighted by atomic mass is 9.97. The number of thioether (sulfide) groups is 1. The van der Waals surface area contributed by atoms with Crippen molar-refractivity contribution in [3.8, 4) is 0 Å². The van der Waals surface area contributed by atoms with Crippen molar-refractivity contribution in [2.75, 3.05) is 19.9 Å². The molecule has 2 atom stereocenters. The van der Waals surface area contributed by atoms with E-state index < -0.39 is 6.04 Å². The van der Waals surface area contributed by atoms with Crippen molar-refractivity contribution < 1.29 is 14.3 Å². The van der Waals surface area contributed by atoms with Gasteiger partial charge in [0.1, 0.15) is 0 Å². The molecule has 6 heteroatoms. The van der Waals surface area contributed by atoms with E-state index in [4.69, 9.17) is 10.5 Å². The topological polar surface area (TPSA) is 72.6 Å². The molecular weight excluding hydrogens is 312 g/mol. The zero-order chi connectivity index (χ0) is 18.4. The van der Waals surface area contributed by atoms with Gasteiger partial charge in [-0.3, -0.25) is 4.79 Å². The van der Waals surface area contributed by atoms with Crippen molar-refractivity contribution in [2.24, 2.45) is 11.7 Å². The number of amides is 1. The summed E-state index contributed by atoms with van der Waals surface area (Å²) in [7, 11) is 1.73. The third kappa shape index (κ3) is 6.18. The second-order valence-electron chi connectivity index (χ2n) is 6.54. The van der Waals surface area contributed by atoms with Gasteiger partial charge in [-0.1, -0.05) is 19.9 Å². The van der Waals surface area contributed by atoms with E-state index in [2.05, 4.69) is 0 Å². The van der Waals surface area contributed by atoms with Crippen molar-refractivity contribution in [2.45, 2.75) is 58.4 Å². The summed E-state index contributed by atoms with van der Waals surface area (Å²) in [6, 6.07) is -0.823. The highest BCUT2D eigenvalue weighted by molar-refractivity contribution is 8.00. The van der Waals surface area contributed by atoms with Crippen molar-refractivity contribution in [1.29, 1.82) is 0 Å². The fourth-order valence-corrected chi connectivity index (χ4v) is 2.47. The molecule has 0 aromatic carbocycles. The molecule has 0 bridgehead atoms. The molecule has 1 amide bonds. The highest BCUT2D eigenvalue weighted by Gasteiger charge is 2.35. The van der Waals surface area contributed by atoms with Gasteiger partial charge < -0.3 is 15.4 Å². The first-order valence-electron chi connectivity index (χ1n) is 7.92. The number of ether oxygens (including phenoxy) is 1. The molecule has 0 aliphatic rings. The van der Waals surface area contributed by atoms with Crippen LogP contribution in [0.15, 0.2) is 11.6 Å². The van der Waals surface area contributed by atoms with Crippen LogP contribution in [0.1, 0.15) is 41.5 Å². The molecule has 0 aromatic rings. The van der Waals surface area contributed by atoms with Crippen LogP contribution in [0.4, 0.5) is 0 Å². The molecule has 0 aliphatic heterocycles. The Hall–Kier alpha value is -1.01. The van der Waals surface area contributed by atoms with Crippen LogP contribution < -0.4 is 5.73 Å². The first-order valence-corrected chi connectivity index (χ1v) is 9.15. The van der Waals surface area contributed by atoms with Crippen LogP contribution in [0.25, 0.3) is 0 Å². The molecule has 2 N–H and O–H groups in total. The highest BCUT2D eigenvalue weighted by Crippen LogP contribution is 2.26. The van der Waals surface area contributed by atoms with Crippen molar-refractivity contribution >= 4 is 23.6 Å². The number of carbonyl (C=O) groups is 2. The summed E-state index contributed by atoms with van der Waals surface area (Å²) >= 11 is 1.56. The molecule has 0 heterocycles. The largest absolute Gasteiger partial charge is 0.463 e. The average Bonchev–Trinajstić information content (AvgIpc) is 2.49. The maximum Gasteiger partial charge on any atom is 0.333 e. The van der Waals surface area contributed by atoms with Crippen molar-refractivity contribution in [3.63, 3.8) is 0 Å². The fourth-order valence-electron chi connectivity index (χ4n) is 2.11. The van der Waals surface area contributed by atoms with Gasteiger partial charge in [-0.15, -0.1) is 0 Å². The molecule has 0 spiro atoms. The predicted octanol–water partition coefficient (Wildman–Crippen LogP) is 2.45. The van der Waals surface area contributed by atoms with E-state index in [9.17, 15) is 9.59 Å². The van der Waals surface area contributed by atoms with E-state index >= 15 is 0 Å². The molecule has 0 rings (SSSR count). The van der Waals surface area contributed by atoms with Crippen LogP contribution in [0.5, 0.6) is 0 Å². The Morgan fingerprint density at radius 2 is 1.87 bits per heavy atom. The minimum atomic E-state index is -0.611. The Morgan fingerprint density at radius 3 is 2.26 bits per heavy atom. The zero-order valence-corrected chi connectivity index (χ0v) is 16.5. The number of likely N-dealkylation sites (N-methyl/N-ethyl adjacent to an activating group) is 1. The van der Waals surface area contributed by atoms with E-state index in [1.165, 1.54) is 0 Å². The van der Waals surface area contributed by atoms with E-state index in [-0.39, 0.29) is 28.6 Å². The monoisotopic (exact) mass is 344 g/mol. The number of nitrogens with zero attached hydrogens (tertiary/aromatic N) is 1. The molecule has 0 aromatic heterocycles. The molecule has 5 nitrogen and oxygen atoms in total. The Kier molecular flexibility index (Phi) is 8.92. The summed E-state index contributed by atoms with van der Waals surface area (Å²) in [4.78, 5) is 26.2. The van der Waals surface area contributed by atoms with Gasteiger partial charge >= 0.3 is 5.97 Å². The van der Waals surface area contributed by atoms with Crippen molar-refractivity contribution in [1.82, 2.24) is 4.90 Å². The molecule has 0 aliphatic carbocycles. The minimum absolute atomic E-state index is 0.129. The van der Waals surface area contributed by atoms with Gasteiger partial charge in [0.15, 0.2) is 0 Å². The summed E-state index contributed by atoms with van der Waals surface area (Å²) in [5, 5.41) is 0. The Balaban J connectivity index is 5.36. The van der Waals surface area contributed by atoms with Gasteiger partial charge in [0.05, 0.1) is 18.7 Å². The van der Waals surface area contributed by atoms with Crippen LogP contribution in [-0.2, 0) is 14.3 Å². The molecule has 0 fully saturated rings. The third-order valence-electron chi connectivity index (χ3n) is 4.04. The van der Waals surface area contributed by atoms with Crippen LogP contribution >= 0.6 is 11.8 Å². The maximum absolute atomic E-state index is 12.7. The molecule has 0 saturated carbocycles. The first-order chi connectivity index (χ1) is 10.5. The molecular formula is C17H32N2O3S. The van der Waals surface area contributed by atoms with Gasteiger partial charge in [0.25, 0.3) is 0 Å². The lowest BCUT2D eigenvalue weighted by Gasteiger charge is -2.36. The highest BCUT2D eigenvalue weighted by atomic mass is 32.2. The van der Waals surface area contributed by atoms with Crippen LogP contribution in [0.3, 0.4) is 0 Å². The summed E-state index contributed by atoms with van der Waals surface area (Å²) in [5.74, 6) is -0.332. The van der Waals surface area contributed by atoms with Gasteiger partial charge in [-0.05, 0) is 39.9 Å². The maximum atomic E-state index is 12.7. The van der Waals surface area contributed by atoms with Crippen LogP contribution in [-0.4, -0.2) is 53.5 Å². The summed E-state index contributed by atoms with van der Waals surface area (Å²) < 4.78 is 4.65. The first kappa shape index (κ1) is 22.0. The third-order valence-corrected chi connectivity index (χ3v) is 5.34. The van der Waals surface area contributed by atoms with Gasteiger partial charge in [0.2, 0.25) is 5.91 Å².